The summed E-state index contributed by atoms with van der Waals surface area (Å²) >= 11 is 6.89. The molecule has 2 unspecified atom stereocenters. The second kappa shape index (κ2) is 9.96. The largest absolute Gasteiger partial charge is 0.477 e. The number of aliphatic carboxylic acids is 1. The molecule has 3 heterocycles. The molecule has 3 rings (SSSR count). The normalized spacial score (nSPS) is 21.7. The number of rotatable bonds is 9. The molecule has 0 aliphatic carbocycles. The maximum atomic E-state index is 13.1. The highest BCUT2D eigenvalue weighted by Crippen LogP contribution is 2.46. The van der Waals surface area contributed by atoms with Gasteiger partial charge in [-0.3, -0.25) is 9.69 Å². The van der Waals surface area contributed by atoms with Crippen molar-refractivity contribution in [1.29, 1.82) is 0 Å². The highest BCUT2D eigenvalue weighted by Gasteiger charge is 2.57. The Bertz CT molecular complexity index is 1110. The minimum Gasteiger partial charge on any atom is -0.477 e. The fraction of sp³-hybridized carbons (Fsp3) is 0.600. The van der Waals surface area contributed by atoms with Gasteiger partial charge < -0.3 is 10.0 Å². The van der Waals surface area contributed by atoms with Crippen LogP contribution in [0.5, 0.6) is 0 Å². The van der Waals surface area contributed by atoms with Gasteiger partial charge in [-0.05, 0) is 24.1 Å². The number of halogens is 3. The summed E-state index contributed by atoms with van der Waals surface area (Å²) in [6.07, 6.45) is -4.75. The lowest BCUT2D eigenvalue weighted by molar-refractivity contribution is -0.164. The summed E-state index contributed by atoms with van der Waals surface area (Å²) in [5, 5.41) is 26.5. The average molecular weight is 562 g/mol. The zero-order valence-corrected chi connectivity index (χ0v) is 20.5. The van der Waals surface area contributed by atoms with E-state index in [4.69, 9.17) is 17.4 Å². The van der Waals surface area contributed by atoms with E-state index in [9.17, 15) is 36.3 Å². The molecule has 34 heavy (non-hydrogen) atoms. The van der Waals surface area contributed by atoms with E-state index in [-0.39, 0.29) is 27.9 Å². The quantitative estimate of drug-likeness (QED) is 0.212. The van der Waals surface area contributed by atoms with Crippen molar-refractivity contribution in [3.8, 4) is 0 Å². The van der Waals surface area contributed by atoms with Crippen molar-refractivity contribution < 1.29 is 36.3 Å². The molecular weight excluding hydrogens is 543 g/mol. The molecule has 1 aromatic rings. The first-order valence-electron chi connectivity index (χ1n) is 9.35. The number of carboxylic acids is 1. The monoisotopic (exact) mass is 561 g/mol. The van der Waals surface area contributed by atoms with E-state index in [0.717, 1.165) is 33.3 Å². The van der Waals surface area contributed by atoms with Crippen LogP contribution in [0.1, 0.15) is 13.3 Å². The minimum atomic E-state index is -4.63. The predicted molar refractivity (Wildman–Crippen MR) is 119 cm³/mol. The van der Waals surface area contributed by atoms with Crippen LogP contribution in [0, 0.1) is 0 Å². The number of nitrogens with one attached hydrogen (secondary N) is 1. The van der Waals surface area contributed by atoms with Gasteiger partial charge in [0.15, 0.2) is 0 Å². The van der Waals surface area contributed by atoms with Gasteiger partial charge in [-0.2, -0.15) is 18.4 Å². The smallest absolute Gasteiger partial charge is 0.405 e. The van der Waals surface area contributed by atoms with Crippen molar-refractivity contribution in [1.82, 2.24) is 30.4 Å². The third kappa shape index (κ3) is 5.99. The molecule has 0 spiro atoms. The molecule has 1 saturated heterocycles. The van der Waals surface area contributed by atoms with E-state index < -0.39 is 62.7 Å². The van der Waals surface area contributed by atoms with Crippen LogP contribution in [0.25, 0.3) is 0 Å². The molecule has 1 aromatic heterocycles. The Kier molecular flexibility index (Phi) is 7.80. The van der Waals surface area contributed by atoms with Gasteiger partial charge in [0, 0.05) is 11.0 Å². The van der Waals surface area contributed by atoms with E-state index in [1.54, 1.807) is 0 Å². The fourth-order valence-corrected chi connectivity index (χ4v) is 7.03. The molecule has 2 aliphatic heterocycles. The maximum Gasteiger partial charge on any atom is 0.405 e. The third-order valence-corrected chi connectivity index (χ3v) is 8.40. The van der Waals surface area contributed by atoms with Crippen LogP contribution in [-0.4, -0.2) is 102 Å². The van der Waals surface area contributed by atoms with Crippen LogP contribution in [-0.2, 0) is 19.6 Å². The first-order valence-corrected chi connectivity index (χ1v) is 13.4. The Hall–Kier alpha value is -1.96. The Labute approximate surface area is 204 Å². The number of primary sulfonamides is 1. The molecule has 12 nitrogen and oxygen atoms in total. The lowest BCUT2D eigenvalue weighted by Gasteiger charge is -2.53. The molecule has 2 aliphatic rings. The van der Waals surface area contributed by atoms with Gasteiger partial charge in [0.25, 0.3) is 5.91 Å². The number of carbonyl (C=O) groups is 2. The fourth-order valence-electron chi connectivity index (χ4n) is 3.53. The zero-order valence-electron chi connectivity index (χ0n) is 17.2. The predicted octanol–water partition coefficient (Wildman–Crippen LogP) is 0.173. The first kappa shape index (κ1) is 26.6. The molecule has 0 bridgehead atoms. The number of fused-ring (bicyclic) bond motifs is 1. The number of carbonyl (C=O) groups excluding carboxylic acids is 1. The maximum absolute atomic E-state index is 13.1. The summed E-state index contributed by atoms with van der Waals surface area (Å²) in [7, 11) is -3.90. The number of thioether (sulfide) groups is 2. The van der Waals surface area contributed by atoms with Crippen molar-refractivity contribution >= 4 is 62.6 Å². The van der Waals surface area contributed by atoms with Crippen molar-refractivity contribution in [3.05, 3.63) is 11.3 Å². The van der Waals surface area contributed by atoms with Gasteiger partial charge in [-0.15, -0.1) is 22.0 Å². The summed E-state index contributed by atoms with van der Waals surface area (Å²) in [4.78, 5) is 26.6. The second-order valence-corrected chi connectivity index (χ2v) is 11.9. The minimum absolute atomic E-state index is 0.00303. The van der Waals surface area contributed by atoms with Gasteiger partial charge in [-0.1, -0.05) is 24.0 Å². The van der Waals surface area contributed by atoms with E-state index in [1.807, 2.05) is 0 Å². The highest BCUT2D eigenvalue weighted by atomic mass is 32.2. The van der Waals surface area contributed by atoms with E-state index in [2.05, 4.69) is 20.6 Å². The second-order valence-electron chi connectivity index (χ2n) is 7.25. The van der Waals surface area contributed by atoms with Crippen molar-refractivity contribution in [2.24, 2.45) is 5.14 Å². The summed E-state index contributed by atoms with van der Waals surface area (Å²) in [5.74, 6) is -2.83. The van der Waals surface area contributed by atoms with Crippen LogP contribution in [0.15, 0.2) is 16.4 Å². The number of hydrogen-bond acceptors (Lipinski definition) is 10. The van der Waals surface area contributed by atoms with Gasteiger partial charge >= 0.3 is 12.1 Å². The number of aromatic nitrogens is 4. The highest BCUT2D eigenvalue weighted by molar-refractivity contribution is 8.01. The topological polar surface area (TPSA) is 175 Å². The molecule has 188 valence electrons. The molecule has 0 aromatic carbocycles. The molecule has 1 amide bonds. The van der Waals surface area contributed by atoms with Crippen LogP contribution in [0.2, 0.25) is 0 Å². The number of hydrogen-bond donors (Lipinski definition) is 3. The zero-order chi connectivity index (χ0) is 25.4. The molecule has 3 atom stereocenters. The lowest BCUT2D eigenvalue weighted by Crippen LogP contribution is -2.72. The van der Waals surface area contributed by atoms with Crippen LogP contribution in [0.4, 0.5) is 13.2 Å². The molecule has 19 heteroatoms. The first-order chi connectivity index (χ1) is 15.7. The summed E-state index contributed by atoms with van der Waals surface area (Å²) in [5.41, 5.74) is -0.227. The molecule has 0 radical (unpaired) electrons. The number of thiocarbonyl (C=S) groups is 1. The molecule has 1 fully saturated rings. The molecular formula is C15H18F3N7O5S4. The van der Waals surface area contributed by atoms with Gasteiger partial charge in [0.2, 0.25) is 15.2 Å². The Morgan fingerprint density at radius 3 is 2.68 bits per heavy atom. The van der Waals surface area contributed by atoms with Crippen LogP contribution >= 0.6 is 35.7 Å². The number of carboxylic acid groups (broad SMARTS) is 1. The molecule has 4 N–H and O–H groups in total. The number of alkyl halides is 3. The lowest BCUT2D eigenvalue weighted by atomic mass is 9.99. The Morgan fingerprint density at radius 2 is 2.18 bits per heavy atom. The van der Waals surface area contributed by atoms with Crippen molar-refractivity contribution in [2.75, 3.05) is 18.1 Å². The average Bonchev–Trinajstić information content (AvgIpc) is 3.21. The number of H-pyrrole nitrogens is 1. The van der Waals surface area contributed by atoms with Gasteiger partial charge in [0.05, 0.1) is 10.7 Å². The SMILES string of the molecule is CC(=S)N(CC(F)(F)F)C1C(=O)N2C(C(=O)O)=C(C(CCS(N)(=O)=O)Sc3nn[nH]n3)CS[C@@H]12. The summed E-state index contributed by atoms with van der Waals surface area (Å²) < 4.78 is 62.2. The van der Waals surface area contributed by atoms with E-state index in [0.29, 0.717) is 0 Å². The van der Waals surface area contributed by atoms with Crippen LogP contribution in [0.3, 0.4) is 0 Å². The number of nitrogens with zero attached hydrogens (tertiary/aromatic N) is 5. The number of amides is 1. The van der Waals surface area contributed by atoms with Gasteiger partial charge in [-0.25, -0.2) is 18.4 Å². The third-order valence-electron chi connectivity index (χ3n) is 4.89. The number of tetrazole rings is 1. The van der Waals surface area contributed by atoms with E-state index >= 15 is 0 Å². The summed E-state index contributed by atoms with van der Waals surface area (Å²) in [6, 6.07) is -1.28. The standard InChI is InChI=1S/C15H18F3N7O5S4/c1-6(31)24(5-15(16,17)18)10-11(26)25-9(13(27)28)7(4-32-12(10)25)8(2-3-34(19,29)30)33-14-20-22-23-21-14/h8,10,12H,2-5H2,1H3,(H,27,28)(H2,19,29,30)(H,20,21,22,23)/t8?,10?,12-/m0/s1. The Morgan fingerprint density at radius 1 is 1.50 bits per heavy atom. The van der Waals surface area contributed by atoms with Crippen molar-refractivity contribution in [2.45, 2.75) is 41.3 Å². The van der Waals surface area contributed by atoms with E-state index in [1.165, 1.54) is 6.92 Å². The molecule has 0 saturated carbocycles. The number of sulfonamides is 1. The van der Waals surface area contributed by atoms with Gasteiger partial charge in [0.1, 0.15) is 23.7 Å². The van der Waals surface area contributed by atoms with Crippen LogP contribution < -0.4 is 5.14 Å². The number of β-lactam (4-membered cyclic amide) rings is 1. The van der Waals surface area contributed by atoms with Crippen molar-refractivity contribution in [3.63, 3.8) is 0 Å². The summed E-state index contributed by atoms with van der Waals surface area (Å²) in [6.45, 7) is -0.192. The Balaban J connectivity index is 1.96. The number of aromatic amines is 1. The number of nitrogens with two attached hydrogens (primary N) is 1.